The first-order valence-electron chi connectivity index (χ1n) is 25.3. The maximum atomic E-state index is 2.57. The molecular formula is C67H60. The molecule has 0 saturated heterocycles. The van der Waals surface area contributed by atoms with Crippen molar-refractivity contribution < 1.29 is 0 Å². The summed E-state index contributed by atoms with van der Waals surface area (Å²) in [6.45, 7) is 14.4. The van der Waals surface area contributed by atoms with Crippen LogP contribution in [0, 0.1) is 0 Å². The first kappa shape index (κ1) is 41.7. The molecule has 3 aliphatic rings. The molecule has 0 radical (unpaired) electrons. The molecule has 0 aliphatic heterocycles. The summed E-state index contributed by atoms with van der Waals surface area (Å²) in [6, 6.07) is 70.5. The van der Waals surface area contributed by atoms with E-state index in [0.717, 1.165) is 38.5 Å². The molecule has 0 heterocycles. The highest BCUT2D eigenvalue weighted by atomic mass is 14.5. The van der Waals surface area contributed by atoms with Gasteiger partial charge in [0.15, 0.2) is 0 Å². The highest BCUT2D eigenvalue weighted by Gasteiger charge is 2.44. The lowest BCUT2D eigenvalue weighted by atomic mass is 9.72. The van der Waals surface area contributed by atoms with Crippen LogP contribution in [0.3, 0.4) is 0 Å². The van der Waals surface area contributed by atoms with Gasteiger partial charge in [0.05, 0.1) is 0 Å². The van der Waals surface area contributed by atoms with Gasteiger partial charge in [-0.25, -0.2) is 0 Å². The van der Waals surface area contributed by atoms with Crippen LogP contribution in [-0.4, -0.2) is 0 Å². The molecule has 0 unspecified atom stereocenters. The van der Waals surface area contributed by atoms with E-state index in [0.29, 0.717) is 0 Å². The van der Waals surface area contributed by atoms with Crippen molar-refractivity contribution in [2.75, 3.05) is 0 Å². The van der Waals surface area contributed by atoms with Crippen LogP contribution < -0.4 is 0 Å². The van der Waals surface area contributed by atoms with E-state index in [1.807, 2.05) is 0 Å². The normalized spacial score (nSPS) is 15.1. The first-order valence-corrected chi connectivity index (χ1v) is 25.3. The standard InChI is InChI=1S/C67H60/c1-7-65(8-2)59-37-47(43-18-14-13-15-19-43)24-30-53(59)55-32-26-49(39-61(55)65)51-28-34-57-58-35-29-52(42-64(58)67(11-5,12-6)63(57)41-51)50-27-33-56-54-31-25-48(38-60(54)66(9-3,10-4)62(56)40-50)46-23-22-44-20-16-17-21-45(44)36-46/h13-42H,7-12H2,1-6H3. The lowest BCUT2D eigenvalue weighted by Gasteiger charge is -2.31. The maximum absolute atomic E-state index is 2.57. The lowest BCUT2D eigenvalue weighted by molar-refractivity contribution is 0.490. The third kappa shape index (κ3) is 5.91. The second kappa shape index (κ2) is 15.7. The second-order valence-corrected chi connectivity index (χ2v) is 19.9. The third-order valence-corrected chi connectivity index (χ3v) is 17.6. The van der Waals surface area contributed by atoms with Crippen LogP contribution in [0.15, 0.2) is 182 Å². The van der Waals surface area contributed by atoms with Crippen molar-refractivity contribution in [3.05, 3.63) is 215 Å². The predicted molar refractivity (Wildman–Crippen MR) is 286 cm³/mol. The van der Waals surface area contributed by atoms with E-state index in [2.05, 4.69) is 224 Å². The van der Waals surface area contributed by atoms with Gasteiger partial charge in [0.2, 0.25) is 0 Å². The Labute approximate surface area is 398 Å². The molecule has 0 amide bonds. The summed E-state index contributed by atoms with van der Waals surface area (Å²) >= 11 is 0. The quantitative estimate of drug-likeness (QED) is 0.128. The molecule has 0 aromatic heterocycles. The van der Waals surface area contributed by atoms with E-state index < -0.39 is 0 Å². The zero-order valence-electron chi connectivity index (χ0n) is 40.1. The van der Waals surface area contributed by atoms with Gasteiger partial charge in [-0.2, -0.15) is 0 Å². The monoisotopic (exact) mass is 864 g/mol. The molecule has 9 aromatic rings. The molecule has 12 rings (SSSR count). The Morgan fingerprint density at radius 3 is 0.791 bits per heavy atom. The Balaban J connectivity index is 0.900. The minimum Gasteiger partial charge on any atom is -0.0642 e. The van der Waals surface area contributed by atoms with Crippen LogP contribution in [0.2, 0.25) is 0 Å². The zero-order chi connectivity index (χ0) is 45.7. The maximum Gasteiger partial charge on any atom is 0.0210 e. The fraction of sp³-hybridized carbons (Fsp3) is 0.224. The number of hydrogen-bond acceptors (Lipinski definition) is 0. The summed E-state index contributed by atoms with van der Waals surface area (Å²) in [5, 5.41) is 2.58. The fourth-order valence-corrected chi connectivity index (χ4v) is 13.6. The van der Waals surface area contributed by atoms with Crippen LogP contribution in [0.1, 0.15) is 113 Å². The molecule has 328 valence electrons. The van der Waals surface area contributed by atoms with Gasteiger partial charge in [0.25, 0.3) is 0 Å². The van der Waals surface area contributed by atoms with Crippen LogP contribution >= 0.6 is 0 Å². The van der Waals surface area contributed by atoms with Crippen molar-refractivity contribution in [3.63, 3.8) is 0 Å². The molecule has 9 aromatic carbocycles. The molecule has 0 bridgehead atoms. The van der Waals surface area contributed by atoms with E-state index in [9.17, 15) is 0 Å². The van der Waals surface area contributed by atoms with Gasteiger partial charge in [-0.3, -0.25) is 0 Å². The summed E-state index contributed by atoms with van der Waals surface area (Å²) in [4.78, 5) is 0. The van der Waals surface area contributed by atoms with Crippen molar-refractivity contribution in [3.8, 4) is 77.9 Å². The smallest absolute Gasteiger partial charge is 0.0210 e. The highest BCUT2D eigenvalue weighted by Crippen LogP contribution is 2.58. The Hall–Kier alpha value is -6.76. The van der Waals surface area contributed by atoms with Gasteiger partial charge in [0, 0.05) is 16.2 Å². The molecule has 0 heteroatoms. The van der Waals surface area contributed by atoms with Crippen molar-refractivity contribution >= 4 is 10.8 Å². The van der Waals surface area contributed by atoms with Crippen LogP contribution in [0.25, 0.3) is 88.7 Å². The second-order valence-electron chi connectivity index (χ2n) is 19.9. The SMILES string of the molecule is CCC1(CC)c2cc(-c3ccccc3)ccc2-c2ccc(-c3ccc4c(c3)C(CC)(CC)c3cc(-c5ccc6c(c5)C(CC)(CC)c5cc(-c7ccc8ccccc8c7)ccc5-6)ccc3-4)cc21. The van der Waals surface area contributed by atoms with Gasteiger partial charge in [-0.05, 0) is 203 Å². The van der Waals surface area contributed by atoms with Gasteiger partial charge >= 0.3 is 0 Å². The molecule has 3 aliphatic carbocycles. The minimum atomic E-state index is -0.0587. The van der Waals surface area contributed by atoms with Crippen molar-refractivity contribution in [2.24, 2.45) is 0 Å². The number of benzene rings is 9. The molecule has 67 heavy (non-hydrogen) atoms. The van der Waals surface area contributed by atoms with E-state index in [1.165, 1.54) is 122 Å². The van der Waals surface area contributed by atoms with E-state index in [-0.39, 0.29) is 16.2 Å². The van der Waals surface area contributed by atoms with Gasteiger partial charge < -0.3 is 0 Å². The summed E-state index contributed by atoms with van der Waals surface area (Å²) in [5.41, 5.74) is 27.6. The van der Waals surface area contributed by atoms with Crippen LogP contribution in [-0.2, 0) is 16.2 Å². The van der Waals surface area contributed by atoms with Crippen LogP contribution in [0.5, 0.6) is 0 Å². The minimum absolute atomic E-state index is 0.0134. The van der Waals surface area contributed by atoms with Crippen molar-refractivity contribution in [1.82, 2.24) is 0 Å². The Morgan fingerprint density at radius 2 is 0.478 bits per heavy atom. The summed E-state index contributed by atoms with van der Waals surface area (Å²) in [5.74, 6) is 0. The Bertz CT molecular complexity index is 3420. The third-order valence-electron chi connectivity index (χ3n) is 17.6. The molecule has 0 nitrogen and oxygen atoms in total. The summed E-state index contributed by atoms with van der Waals surface area (Å²) in [6.07, 6.45) is 6.39. The summed E-state index contributed by atoms with van der Waals surface area (Å²) in [7, 11) is 0. The molecule has 0 fully saturated rings. The number of rotatable bonds is 10. The summed E-state index contributed by atoms with van der Waals surface area (Å²) < 4.78 is 0. The van der Waals surface area contributed by atoms with E-state index >= 15 is 0 Å². The molecule has 0 N–H and O–H groups in total. The van der Waals surface area contributed by atoms with Crippen molar-refractivity contribution in [2.45, 2.75) is 96.3 Å². The van der Waals surface area contributed by atoms with Gasteiger partial charge in [-0.1, -0.05) is 181 Å². The van der Waals surface area contributed by atoms with Gasteiger partial charge in [-0.15, -0.1) is 0 Å². The highest BCUT2D eigenvalue weighted by molar-refractivity contribution is 5.92. The topological polar surface area (TPSA) is 0 Å². The molecule has 0 saturated carbocycles. The molecule has 0 atom stereocenters. The molecular weight excluding hydrogens is 805 g/mol. The fourth-order valence-electron chi connectivity index (χ4n) is 13.6. The van der Waals surface area contributed by atoms with Gasteiger partial charge in [0.1, 0.15) is 0 Å². The predicted octanol–water partition coefficient (Wildman–Crippen LogP) is 18.8. The first-order chi connectivity index (χ1) is 32.8. The number of hydrogen-bond donors (Lipinski definition) is 0. The van der Waals surface area contributed by atoms with Crippen molar-refractivity contribution in [1.29, 1.82) is 0 Å². The average Bonchev–Trinajstić information content (AvgIpc) is 3.96. The van der Waals surface area contributed by atoms with E-state index in [4.69, 9.17) is 0 Å². The van der Waals surface area contributed by atoms with Crippen LogP contribution in [0.4, 0.5) is 0 Å². The lowest BCUT2D eigenvalue weighted by Crippen LogP contribution is -2.23. The largest absolute Gasteiger partial charge is 0.0642 e. The van der Waals surface area contributed by atoms with E-state index in [1.54, 1.807) is 0 Å². The average molecular weight is 865 g/mol. The number of fused-ring (bicyclic) bond motifs is 10. The molecule has 0 spiro atoms. The Kier molecular flexibility index (Phi) is 9.74. The Morgan fingerprint density at radius 1 is 0.224 bits per heavy atom. The zero-order valence-corrected chi connectivity index (χ0v) is 40.1.